The minimum Gasteiger partial charge on any atom is -0.480 e. The van der Waals surface area contributed by atoms with Crippen LogP contribution in [0.5, 0.6) is 0 Å². The van der Waals surface area contributed by atoms with Gasteiger partial charge in [-0.1, -0.05) is 0 Å². The molecule has 11 heteroatoms. The molecule has 156 valence electrons. The number of carbonyl (C=O) groups is 4. The lowest BCUT2D eigenvalue weighted by molar-refractivity contribution is -0.138. The minimum atomic E-state index is -1.13. The summed E-state index contributed by atoms with van der Waals surface area (Å²) in [5.74, 6) is -1.82. The highest BCUT2D eigenvalue weighted by molar-refractivity contribution is 8.00. The number of carboxylic acid groups (broad SMARTS) is 1. The largest absolute Gasteiger partial charge is 0.480 e. The Morgan fingerprint density at radius 1 is 1.07 bits per heavy atom. The second kappa shape index (κ2) is 15.2. The molecule has 2 atom stereocenters. The first kappa shape index (κ1) is 25.1. The number of thioether (sulfide) groups is 1. The van der Waals surface area contributed by atoms with Crippen LogP contribution in [-0.4, -0.2) is 86.7 Å². The van der Waals surface area contributed by atoms with Gasteiger partial charge in [-0.05, 0) is 13.5 Å². The summed E-state index contributed by atoms with van der Waals surface area (Å²) in [6.07, 6.45) is 0.581. The van der Waals surface area contributed by atoms with Crippen molar-refractivity contribution in [1.82, 2.24) is 21.3 Å². The molecular formula is C16H30N4O6S. The lowest BCUT2D eigenvalue weighted by Gasteiger charge is -2.17. The smallest absolute Gasteiger partial charge is 0.317 e. The van der Waals surface area contributed by atoms with Crippen molar-refractivity contribution in [3.8, 4) is 0 Å². The van der Waals surface area contributed by atoms with E-state index in [-0.39, 0.29) is 37.0 Å². The number of aliphatic carboxylic acids is 1. The van der Waals surface area contributed by atoms with E-state index in [9.17, 15) is 24.3 Å². The molecule has 0 spiro atoms. The molecule has 10 nitrogen and oxygen atoms in total. The highest BCUT2D eigenvalue weighted by atomic mass is 32.2. The van der Waals surface area contributed by atoms with Crippen LogP contribution in [0.2, 0.25) is 0 Å². The summed E-state index contributed by atoms with van der Waals surface area (Å²) < 4.78 is 4.87. The molecule has 0 aliphatic carbocycles. The number of methoxy groups -OCH3 is 1. The first-order valence-corrected chi connectivity index (χ1v) is 9.66. The molecule has 3 amide bonds. The van der Waals surface area contributed by atoms with Gasteiger partial charge in [0.1, 0.15) is 5.25 Å². The number of likely N-dealkylation sites (N-methyl/N-ethyl adjacent to an activating group) is 2. The van der Waals surface area contributed by atoms with E-state index < -0.39 is 23.2 Å². The van der Waals surface area contributed by atoms with Gasteiger partial charge in [-0.25, -0.2) is 0 Å². The maximum atomic E-state index is 11.9. The highest BCUT2D eigenvalue weighted by Crippen LogP contribution is 2.16. The van der Waals surface area contributed by atoms with Gasteiger partial charge in [0.15, 0.2) is 0 Å². The van der Waals surface area contributed by atoms with Crippen molar-refractivity contribution in [3.05, 3.63) is 0 Å². The van der Waals surface area contributed by atoms with Gasteiger partial charge in [0.05, 0.1) is 6.04 Å². The summed E-state index contributed by atoms with van der Waals surface area (Å²) in [4.78, 5) is 46.4. The Hall–Kier alpha value is -1.85. The molecular weight excluding hydrogens is 376 g/mol. The molecule has 0 radical (unpaired) electrons. The first-order valence-electron chi connectivity index (χ1n) is 8.61. The monoisotopic (exact) mass is 406 g/mol. The molecule has 0 aromatic rings. The number of amides is 3. The SMILES string of the molecule is CNC(=O)[C@H](CSC(CC(=O)NCCC(=O)NCCCOC)C(=O)O)NC. The van der Waals surface area contributed by atoms with E-state index in [0.29, 0.717) is 19.6 Å². The molecule has 0 aromatic heterocycles. The molecule has 5 N–H and O–H groups in total. The number of hydrogen-bond acceptors (Lipinski definition) is 7. The van der Waals surface area contributed by atoms with Crippen LogP contribution in [0.4, 0.5) is 0 Å². The standard InChI is InChI=1S/C16H30N4O6S/c1-17-11(15(23)18-2)10-27-12(16(24)25)9-14(22)20-7-5-13(21)19-6-4-8-26-3/h11-12,17H,4-10H2,1-3H3,(H,18,23)(H,19,21)(H,20,22)(H,24,25)/t11-,12?/m0/s1. The van der Waals surface area contributed by atoms with Crippen LogP contribution in [0.1, 0.15) is 19.3 Å². The Balaban J connectivity index is 4.20. The number of carbonyl (C=O) groups excluding carboxylic acids is 3. The van der Waals surface area contributed by atoms with Crippen molar-refractivity contribution >= 4 is 35.5 Å². The van der Waals surface area contributed by atoms with E-state index in [1.54, 1.807) is 14.2 Å². The van der Waals surface area contributed by atoms with E-state index >= 15 is 0 Å². The number of hydrogen-bond donors (Lipinski definition) is 5. The topological polar surface area (TPSA) is 146 Å². The normalized spacial score (nSPS) is 12.7. The van der Waals surface area contributed by atoms with Crippen LogP contribution in [0.25, 0.3) is 0 Å². The number of rotatable bonds is 15. The summed E-state index contributed by atoms with van der Waals surface area (Å²) in [6, 6.07) is -0.549. The summed E-state index contributed by atoms with van der Waals surface area (Å²) in [6.45, 7) is 1.18. The fourth-order valence-corrected chi connectivity index (χ4v) is 3.14. The molecule has 0 aromatic carbocycles. The van der Waals surface area contributed by atoms with Crippen molar-refractivity contribution < 1.29 is 29.0 Å². The maximum absolute atomic E-state index is 11.9. The molecule has 0 aliphatic rings. The van der Waals surface area contributed by atoms with Crippen LogP contribution >= 0.6 is 11.8 Å². The first-order chi connectivity index (χ1) is 12.8. The molecule has 0 heterocycles. The lowest BCUT2D eigenvalue weighted by atomic mass is 10.3. The van der Waals surface area contributed by atoms with Gasteiger partial charge in [-0.3, -0.25) is 19.2 Å². The van der Waals surface area contributed by atoms with Crippen LogP contribution < -0.4 is 21.3 Å². The van der Waals surface area contributed by atoms with Crippen LogP contribution in [0.3, 0.4) is 0 Å². The third-order valence-electron chi connectivity index (χ3n) is 3.54. The van der Waals surface area contributed by atoms with Gasteiger partial charge in [0.2, 0.25) is 17.7 Å². The Labute approximate surface area is 163 Å². The van der Waals surface area contributed by atoms with Gasteiger partial charge in [-0.2, -0.15) is 0 Å². The molecule has 1 unspecified atom stereocenters. The number of carboxylic acids is 1. The molecule has 0 aliphatic heterocycles. The summed E-state index contributed by atoms with van der Waals surface area (Å²) in [5, 5.41) is 18.8. The quantitative estimate of drug-likeness (QED) is 0.208. The Kier molecular flexibility index (Phi) is 14.2. The van der Waals surface area contributed by atoms with Gasteiger partial charge in [-0.15, -0.1) is 11.8 Å². The summed E-state index contributed by atoms with van der Waals surface area (Å²) >= 11 is 1.01. The van der Waals surface area contributed by atoms with Crippen molar-refractivity contribution in [2.45, 2.75) is 30.6 Å². The van der Waals surface area contributed by atoms with Gasteiger partial charge in [0.25, 0.3) is 0 Å². The number of ether oxygens (including phenoxy) is 1. The molecule has 0 saturated heterocycles. The fourth-order valence-electron chi connectivity index (χ4n) is 1.98. The third-order valence-corrected chi connectivity index (χ3v) is 4.84. The molecule has 0 saturated carbocycles. The van der Waals surface area contributed by atoms with Gasteiger partial charge >= 0.3 is 5.97 Å². The predicted octanol–water partition coefficient (Wildman–Crippen LogP) is -1.44. The van der Waals surface area contributed by atoms with E-state index in [1.165, 1.54) is 7.05 Å². The third kappa shape index (κ3) is 12.2. The van der Waals surface area contributed by atoms with Crippen molar-refractivity contribution in [1.29, 1.82) is 0 Å². The van der Waals surface area contributed by atoms with E-state index in [0.717, 1.165) is 11.8 Å². The van der Waals surface area contributed by atoms with Crippen LogP contribution in [-0.2, 0) is 23.9 Å². The average molecular weight is 407 g/mol. The van der Waals surface area contributed by atoms with Crippen molar-refractivity contribution in [2.24, 2.45) is 0 Å². The lowest BCUT2D eigenvalue weighted by Crippen LogP contribution is -2.43. The predicted molar refractivity (Wildman–Crippen MR) is 103 cm³/mol. The van der Waals surface area contributed by atoms with Gasteiger partial charge in [0, 0.05) is 52.4 Å². The summed E-state index contributed by atoms with van der Waals surface area (Å²) in [7, 11) is 4.67. The van der Waals surface area contributed by atoms with E-state index in [4.69, 9.17) is 4.74 Å². The average Bonchev–Trinajstić information content (AvgIpc) is 2.64. The Bertz CT molecular complexity index is 492. The zero-order chi connectivity index (χ0) is 20.7. The maximum Gasteiger partial charge on any atom is 0.317 e. The second-order valence-electron chi connectivity index (χ2n) is 5.62. The van der Waals surface area contributed by atoms with Crippen LogP contribution in [0.15, 0.2) is 0 Å². The zero-order valence-corrected chi connectivity index (χ0v) is 16.8. The zero-order valence-electron chi connectivity index (χ0n) is 16.0. The molecule has 0 rings (SSSR count). The fraction of sp³-hybridized carbons (Fsp3) is 0.750. The molecule has 27 heavy (non-hydrogen) atoms. The second-order valence-corrected chi connectivity index (χ2v) is 6.85. The van der Waals surface area contributed by atoms with E-state index in [2.05, 4.69) is 21.3 Å². The van der Waals surface area contributed by atoms with Gasteiger partial charge < -0.3 is 31.1 Å². The molecule has 0 bridgehead atoms. The summed E-state index contributed by atoms with van der Waals surface area (Å²) in [5.41, 5.74) is 0. The highest BCUT2D eigenvalue weighted by Gasteiger charge is 2.25. The number of nitrogens with one attached hydrogen (secondary N) is 4. The Morgan fingerprint density at radius 3 is 2.30 bits per heavy atom. The Morgan fingerprint density at radius 2 is 1.74 bits per heavy atom. The molecule has 0 fully saturated rings. The minimum absolute atomic E-state index is 0.113. The van der Waals surface area contributed by atoms with E-state index in [1.807, 2.05) is 0 Å². The van der Waals surface area contributed by atoms with Crippen molar-refractivity contribution in [2.75, 3.05) is 46.7 Å². The van der Waals surface area contributed by atoms with Crippen LogP contribution in [0, 0.1) is 0 Å². The van der Waals surface area contributed by atoms with Crippen molar-refractivity contribution in [3.63, 3.8) is 0 Å².